The van der Waals surface area contributed by atoms with E-state index in [-0.39, 0.29) is 11.9 Å². The number of rotatable bonds is 7. The van der Waals surface area contributed by atoms with Gasteiger partial charge in [0.05, 0.1) is 6.61 Å². The van der Waals surface area contributed by atoms with Crippen LogP contribution >= 0.6 is 0 Å². The monoisotopic (exact) mass is 236 g/mol. The van der Waals surface area contributed by atoms with Crippen molar-refractivity contribution in [3.8, 4) is 0 Å². The molecule has 1 rings (SSSR count). The van der Waals surface area contributed by atoms with Crippen LogP contribution in [0.2, 0.25) is 0 Å². The lowest BCUT2D eigenvalue weighted by Gasteiger charge is -2.09. The van der Waals surface area contributed by atoms with Crippen molar-refractivity contribution < 1.29 is 9.63 Å². The number of hydrogen-bond donors (Lipinski definition) is 2. The van der Waals surface area contributed by atoms with Crippen LogP contribution in [-0.2, 0) is 16.2 Å². The zero-order valence-electron chi connectivity index (χ0n) is 10.4. The predicted octanol–water partition coefficient (Wildman–Crippen LogP) is 1.62. The third-order valence-electron chi connectivity index (χ3n) is 2.09. The summed E-state index contributed by atoms with van der Waals surface area (Å²) in [5.74, 6) is 0.0378. The maximum atomic E-state index is 11.3. The second-order valence-corrected chi connectivity index (χ2v) is 4.14. The van der Waals surface area contributed by atoms with E-state index in [1.807, 2.05) is 44.2 Å². The number of nitrogens with one attached hydrogen (secondary N) is 2. The van der Waals surface area contributed by atoms with E-state index >= 15 is 0 Å². The van der Waals surface area contributed by atoms with Crippen LogP contribution in [0.25, 0.3) is 0 Å². The van der Waals surface area contributed by atoms with Gasteiger partial charge >= 0.3 is 0 Å². The molecule has 0 saturated carbocycles. The second kappa shape index (κ2) is 7.81. The minimum absolute atomic E-state index is 0.0378. The highest BCUT2D eigenvalue weighted by atomic mass is 16.6. The zero-order chi connectivity index (χ0) is 12.5. The van der Waals surface area contributed by atoms with Crippen LogP contribution in [0.5, 0.6) is 0 Å². The molecule has 2 N–H and O–H groups in total. The molecule has 1 aromatic rings. The van der Waals surface area contributed by atoms with Crippen molar-refractivity contribution in [3.05, 3.63) is 35.9 Å². The Hall–Kier alpha value is -1.39. The summed E-state index contributed by atoms with van der Waals surface area (Å²) in [7, 11) is 0. The van der Waals surface area contributed by atoms with Gasteiger partial charge in [0.25, 0.3) is 0 Å². The molecule has 0 atom stereocenters. The van der Waals surface area contributed by atoms with E-state index in [9.17, 15) is 4.79 Å². The normalized spacial score (nSPS) is 10.5. The van der Waals surface area contributed by atoms with Crippen molar-refractivity contribution in [2.45, 2.75) is 32.9 Å². The molecule has 0 fully saturated rings. The molecular weight excluding hydrogens is 216 g/mol. The first kappa shape index (κ1) is 13.7. The van der Waals surface area contributed by atoms with E-state index in [1.165, 1.54) is 0 Å². The van der Waals surface area contributed by atoms with Gasteiger partial charge in [-0.1, -0.05) is 30.3 Å². The largest absolute Gasteiger partial charge is 0.354 e. The van der Waals surface area contributed by atoms with Crippen molar-refractivity contribution in [1.29, 1.82) is 0 Å². The summed E-state index contributed by atoms with van der Waals surface area (Å²) in [5, 5.41) is 2.82. The van der Waals surface area contributed by atoms with E-state index < -0.39 is 0 Å². The van der Waals surface area contributed by atoms with Gasteiger partial charge in [-0.2, -0.15) is 0 Å². The Bertz CT molecular complexity index is 325. The fraction of sp³-hybridized carbons (Fsp3) is 0.462. The summed E-state index contributed by atoms with van der Waals surface area (Å²) in [6.07, 6.45) is 0.424. The van der Waals surface area contributed by atoms with E-state index in [4.69, 9.17) is 4.84 Å². The van der Waals surface area contributed by atoms with Gasteiger partial charge in [0.1, 0.15) is 0 Å². The third-order valence-corrected chi connectivity index (χ3v) is 2.09. The molecule has 0 saturated heterocycles. The maximum absolute atomic E-state index is 11.3. The standard InChI is InChI=1S/C13H20N2O2/c1-11(2)15-13(16)8-9-14-17-10-12-6-4-3-5-7-12/h3-7,11,14H,8-10H2,1-2H3,(H,15,16). The average Bonchev–Trinajstić information content (AvgIpc) is 2.29. The molecule has 0 unspecified atom stereocenters. The summed E-state index contributed by atoms with van der Waals surface area (Å²) >= 11 is 0. The van der Waals surface area contributed by atoms with Crippen molar-refractivity contribution in [2.75, 3.05) is 6.54 Å². The number of hydroxylamine groups is 1. The summed E-state index contributed by atoms with van der Waals surface area (Å²) in [4.78, 5) is 16.5. The summed E-state index contributed by atoms with van der Waals surface area (Å²) in [5.41, 5.74) is 3.88. The molecule has 0 radical (unpaired) electrons. The first-order valence-corrected chi connectivity index (χ1v) is 5.86. The molecule has 4 heteroatoms. The first-order chi connectivity index (χ1) is 8.18. The van der Waals surface area contributed by atoms with Gasteiger partial charge in [0.2, 0.25) is 5.91 Å². The van der Waals surface area contributed by atoms with Gasteiger partial charge in [-0.3, -0.25) is 9.63 Å². The Balaban J connectivity index is 2.03. The average molecular weight is 236 g/mol. The molecule has 1 aromatic carbocycles. The fourth-order valence-corrected chi connectivity index (χ4v) is 1.34. The molecule has 94 valence electrons. The van der Waals surface area contributed by atoms with Crippen molar-refractivity contribution >= 4 is 5.91 Å². The molecular formula is C13H20N2O2. The predicted molar refractivity (Wildman–Crippen MR) is 67.1 cm³/mol. The molecule has 0 spiro atoms. The second-order valence-electron chi connectivity index (χ2n) is 4.14. The smallest absolute Gasteiger partial charge is 0.221 e. The van der Waals surface area contributed by atoms with Crippen LogP contribution in [0.3, 0.4) is 0 Å². The molecule has 0 aliphatic rings. The highest BCUT2D eigenvalue weighted by molar-refractivity contribution is 5.76. The van der Waals surface area contributed by atoms with Gasteiger partial charge < -0.3 is 5.32 Å². The Kier molecular flexibility index (Phi) is 6.29. The third kappa shape index (κ3) is 6.71. The van der Waals surface area contributed by atoms with E-state index in [1.54, 1.807) is 0 Å². The summed E-state index contributed by atoms with van der Waals surface area (Å²) in [6.45, 7) is 4.91. The number of carbonyl (C=O) groups is 1. The number of carbonyl (C=O) groups excluding carboxylic acids is 1. The Morgan fingerprint density at radius 2 is 2.00 bits per heavy atom. The quantitative estimate of drug-likeness (QED) is 0.559. The number of hydrogen-bond acceptors (Lipinski definition) is 3. The van der Waals surface area contributed by atoms with Crippen molar-refractivity contribution in [1.82, 2.24) is 10.8 Å². The summed E-state index contributed by atoms with van der Waals surface area (Å²) in [6, 6.07) is 10.1. The minimum atomic E-state index is 0.0378. The summed E-state index contributed by atoms with van der Waals surface area (Å²) < 4.78 is 0. The maximum Gasteiger partial charge on any atom is 0.221 e. The van der Waals surface area contributed by atoms with Gasteiger partial charge in [0.15, 0.2) is 0 Å². The lowest BCUT2D eigenvalue weighted by molar-refractivity contribution is -0.122. The molecule has 0 bridgehead atoms. The van der Waals surface area contributed by atoms with Gasteiger partial charge in [-0.25, -0.2) is 5.48 Å². The van der Waals surface area contributed by atoms with Crippen LogP contribution < -0.4 is 10.8 Å². The molecule has 0 heterocycles. The Morgan fingerprint density at radius 1 is 1.29 bits per heavy atom. The lowest BCUT2D eigenvalue weighted by Crippen LogP contribution is -2.32. The minimum Gasteiger partial charge on any atom is -0.354 e. The van der Waals surface area contributed by atoms with E-state index in [0.717, 1.165) is 5.56 Å². The highest BCUT2D eigenvalue weighted by Gasteiger charge is 2.01. The van der Waals surface area contributed by atoms with Gasteiger partial charge in [0, 0.05) is 19.0 Å². The first-order valence-electron chi connectivity index (χ1n) is 5.86. The molecule has 4 nitrogen and oxygen atoms in total. The number of amides is 1. The molecule has 0 aromatic heterocycles. The van der Waals surface area contributed by atoms with E-state index in [0.29, 0.717) is 19.6 Å². The van der Waals surface area contributed by atoms with Crippen LogP contribution in [-0.4, -0.2) is 18.5 Å². The van der Waals surface area contributed by atoms with Crippen LogP contribution in [0.4, 0.5) is 0 Å². The van der Waals surface area contributed by atoms with E-state index in [2.05, 4.69) is 10.8 Å². The fourth-order valence-electron chi connectivity index (χ4n) is 1.34. The van der Waals surface area contributed by atoms with Gasteiger partial charge in [-0.05, 0) is 19.4 Å². The molecule has 1 amide bonds. The lowest BCUT2D eigenvalue weighted by atomic mass is 10.2. The Labute approximate surface area is 102 Å². The SMILES string of the molecule is CC(C)NC(=O)CCNOCc1ccccc1. The van der Waals surface area contributed by atoms with Crippen LogP contribution in [0, 0.1) is 0 Å². The number of benzene rings is 1. The van der Waals surface area contributed by atoms with Crippen LogP contribution in [0.1, 0.15) is 25.8 Å². The highest BCUT2D eigenvalue weighted by Crippen LogP contribution is 1.98. The molecule has 17 heavy (non-hydrogen) atoms. The topological polar surface area (TPSA) is 50.4 Å². The van der Waals surface area contributed by atoms with Crippen molar-refractivity contribution in [2.24, 2.45) is 0 Å². The zero-order valence-corrected chi connectivity index (χ0v) is 10.4. The van der Waals surface area contributed by atoms with Crippen molar-refractivity contribution in [3.63, 3.8) is 0 Å². The molecule has 0 aliphatic heterocycles. The van der Waals surface area contributed by atoms with Gasteiger partial charge in [-0.15, -0.1) is 0 Å². The Morgan fingerprint density at radius 3 is 2.65 bits per heavy atom. The van der Waals surface area contributed by atoms with Crippen LogP contribution in [0.15, 0.2) is 30.3 Å². The molecule has 0 aliphatic carbocycles.